The summed E-state index contributed by atoms with van der Waals surface area (Å²) in [5, 5.41) is 8.55. The Morgan fingerprint density at radius 1 is 1.47 bits per heavy atom. The number of nitrogens with zero attached hydrogens (tertiary/aromatic N) is 4. The molecule has 0 atom stereocenters. The van der Waals surface area contributed by atoms with Gasteiger partial charge in [-0.05, 0) is 13.0 Å². The van der Waals surface area contributed by atoms with Gasteiger partial charge in [-0.1, -0.05) is 12.2 Å². The monoisotopic (exact) mass is 202 g/mol. The summed E-state index contributed by atoms with van der Waals surface area (Å²) in [6.07, 6.45) is 9.83. The highest BCUT2D eigenvalue weighted by atomic mass is 15.3. The average Bonchev–Trinajstić information content (AvgIpc) is 2.78. The van der Waals surface area contributed by atoms with Crippen LogP contribution in [0.15, 0.2) is 30.7 Å². The van der Waals surface area contributed by atoms with Crippen molar-refractivity contribution in [1.82, 2.24) is 19.6 Å². The molecule has 0 aliphatic rings. The molecule has 0 spiro atoms. The zero-order chi connectivity index (χ0) is 10.7. The van der Waals surface area contributed by atoms with E-state index in [9.17, 15) is 0 Å². The lowest BCUT2D eigenvalue weighted by Gasteiger charge is -1.96. The fourth-order valence-corrected chi connectivity index (χ4v) is 1.46. The Labute approximate surface area is 88.8 Å². The molecular weight excluding hydrogens is 188 g/mol. The van der Waals surface area contributed by atoms with Crippen molar-refractivity contribution in [2.75, 3.05) is 0 Å². The van der Waals surface area contributed by atoms with Crippen LogP contribution in [0.1, 0.15) is 18.2 Å². The molecule has 0 amide bonds. The van der Waals surface area contributed by atoms with Crippen LogP contribution in [0.25, 0.3) is 6.08 Å². The fraction of sp³-hybridized carbons (Fsp3) is 0.273. The molecule has 0 aliphatic carbocycles. The summed E-state index contributed by atoms with van der Waals surface area (Å²) in [6.45, 7) is 2.72. The number of hydrogen-bond donors (Lipinski definition) is 0. The molecule has 2 aromatic rings. The van der Waals surface area contributed by atoms with E-state index < -0.39 is 0 Å². The second-order valence-corrected chi connectivity index (χ2v) is 3.45. The predicted molar refractivity (Wildman–Crippen MR) is 59.2 cm³/mol. The van der Waals surface area contributed by atoms with Crippen LogP contribution in [0.2, 0.25) is 0 Å². The zero-order valence-electron chi connectivity index (χ0n) is 8.96. The van der Waals surface area contributed by atoms with E-state index in [-0.39, 0.29) is 0 Å². The third kappa shape index (κ3) is 2.34. The first-order chi connectivity index (χ1) is 7.28. The van der Waals surface area contributed by atoms with Gasteiger partial charge in [0.2, 0.25) is 0 Å². The van der Waals surface area contributed by atoms with Gasteiger partial charge in [0, 0.05) is 25.0 Å². The van der Waals surface area contributed by atoms with Crippen LogP contribution in [-0.2, 0) is 13.6 Å². The molecule has 0 N–H and O–H groups in total. The normalized spacial score (nSPS) is 11.3. The van der Waals surface area contributed by atoms with Gasteiger partial charge < -0.3 is 0 Å². The van der Waals surface area contributed by atoms with E-state index in [1.165, 1.54) is 0 Å². The molecule has 2 aromatic heterocycles. The Kier molecular flexibility index (Phi) is 2.67. The highest BCUT2D eigenvalue weighted by Crippen LogP contribution is 2.03. The van der Waals surface area contributed by atoms with Crippen LogP contribution >= 0.6 is 0 Å². The maximum atomic E-state index is 4.30. The molecule has 15 heavy (non-hydrogen) atoms. The Bertz CT molecular complexity index is 464. The summed E-state index contributed by atoms with van der Waals surface area (Å²) < 4.78 is 3.68. The van der Waals surface area contributed by atoms with Crippen molar-refractivity contribution < 1.29 is 0 Å². The average molecular weight is 202 g/mol. The van der Waals surface area contributed by atoms with Crippen LogP contribution in [0, 0.1) is 0 Å². The molecular formula is C11H14N4. The summed E-state index contributed by atoms with van der Waals surface area (Å²) in [5.74, 6) is 0. The molecule has 0 saturated carbocycles. The quantitative estimate of drug-likeness (QED) is 0.759. The summed E-state index contributed by atoms with van der Waals surface area (Å²) in [7, 11) is 1.91. The Morgan fingerprint density at radius 2 is 2.33 bits per heavy atom. The number of allylic oxidation sites excluding steroid dienone is 1. The Balaban J connectivity index is 2.10. The topological polar surface area (TPSA) is 35.6 Å². The van der Waals surface area contributed by atoms with Crippen molar-refractivity contribution in [1.29, 1.82) is 0 Å². The number of aromatic nitrogens is 4. The van der Waals surface area contributed by atoms with Gasteiger partial charge in [-0.15, -0.1) is 0 Å². The minimum Gasteiger partial charge on any atom is -0.275 e. The minimum atomic E-state index is 0.721. The van der Waals surface area contributed by atoms with E-state index in [0.717, 1.165) is 17.8 Å². The molecule has 0 unspecified atom stereocenters. The van der Waals surface area contributed by atoms with E-state index in [1.54, 1.807) is 4.68 Å². The van der Waals surface area contributed by atoms with Gasteiger partial charge >= 0.3 is 0 Å². The van der Waals surface area contributed by atoms with Crippen molar-refractivity contribution in [3.05, 3.63) is 42.0 Å². The first-order valence-electron chi connectivity index (χ1n) is 4.91. The van der Waals surface area contributed by atoms with E-state index >= 15 is 0 Å². The second-order valence-electron chi connectivity index (χ2n) is 3.45. The molecule has 4 nitrogen and oxygen atoms in total. The molecule has 2 heterocycles. The SMILES string of the molecule is C/C=C/c1cnn(Cc2ccn(C)n2)c1. The standard InChI is InChI=1S/C11H14N4/c1-3-4-10-7-12-15(8-10)9-11-5-6-14(2)13-11/h3-8H,9H2,1-2H3/b4-3+. The van der Waals surface area contributed by atoms with Crippen LogP contribution in [0.5, 0.6) is 0 Å². The fourth-order valence-electron chi connectivity index (χ4n) is 1.46. The molecule has 0 radical (unpaired) electrons. The summed E-state index contributed by atoms with van der Waals surface area (Å²) in [6, 6.07) is 2.00. The lowest BCUT2D eigenvalue weighted by molar-refractivity contribution is 0.650. The zero-order valence-corrected chi connectivity index (χ0v) is 8.96. The molecule has 0 aromatic carbocycles. The third-order valence-electron chi connectivity index (χ3n) is 2.11. The van der Waals surface area contributed by atoms with E-state index in [2.05, 4.69) is 10.2 Å². The summed E-state index contributed by atoms with van der Waals surface area (Å²) in [4.78, 5) is 0. The number of aryl methyl sites for hydroxylation is 1. The van der Waals surface area contributed by atoms with Crippen LogP contribution in [-0.4, -0.2) is 19.6 Å². The molecule has 0 aliphatic heterocycles. The summed E-state index contributed by atoms with van der Waals surface area (Å²) in [5.41, 5.74) is 2.14. The van der Waals surface area contributed by atoms with Crippen molar-refractivity contribution in [2.24, 2.45) is 7.05 Å². The smallest absolute Gasteiger partial charge is 0.0850 e. The summed E-state index contributed by atoms with van der Waals surface area (Å²) >= 11 is 0. The van der Waals surface area contributed by atoms with Gasteiger partial charge in [0.15, 0.2) is 0 Å². The molecule has 2 rings (SSSR count). The lowest BCUT2D eigenvalue weighted by atomic mass is 10.3. The molecule has 0 saturated heterocycles. The van der Waals surface area contributed by atoms with Crippen molar-refractivity contribution in [3.8, 4) is 0 Å². The van der Waals surface area contributed by atoms with Crippen LogP contribution in [0.3, 0.4) is 0 Å². The van der Waals surface area contributed by atoms with Gasteiger partial charge in [-0.2, -0.15) is 10.2 Å². The molecule has 78 valence electrons. The van der Waals surface area contributed by atoms with Crippen LogP contribution < -0.4 is 0 Å². The lowest BCUT2D eigenvalue weighted by Crippen LogP contribution is -2.01. The Morgan fingerprint density at radius 3 is 3.00 bits per heavy atom. The maximum Gasteiger partial charge on any atom is 0.0850 e. The van der Waals surface area contributed by atoms with E-state index in [4.69, 9.17) is 0 Å². The number of hydrogen-bond acceptors (Lipinski definition) is 2. The third-order valence-corrected chi connectivity index (χ3v) is 2.11. The highest BCUT2D eigenvalue weighted by molar-refractivity contribution is 5.45. The molecule has 4 heteroatoms. The first kappa shape index (κ1) is 9.71. The molecule has 0 bridgehead atoms. The first-order valence-corrected chi connectivity index (χ1v) is 4.91. The maximum absolute atomic E-state index is 4.30. The van der Waals surface area contributed by atoms with E-state index in [0.29, 0.717) is 0 Å². The largest absolute Gasteiger partial charge is 0.275 e. The number of rotatable bonds is 3. The van der Waals surface area contributed by atoms with Gasteiger partial charge in [0.05, 0.1) is 18.4 Å². The van der Waals surface area contributed by atoms with Crippen LogP contribution in [0.4, 0.5) is 0 Å². The minimum absolute atomic E-state index is 0.721. The predicted octanol–water partition coefficient (Wildman–Crippen LogP) is 1.70. The van der Waals surface area contributed by atoms with Gasteiger partial charge in [0.1, 0.15) is 0 Å². The van der Waals surface area contributed by atoms with Crippen molar-refractivity contribution >= 4 is 6.08 Å². The molecule has 0 fully saturated rings. The van der Waals surface area contributed by atoms with Crippen molar-refractivity contribution in [3.63, 3.8) is 0 Å². The van der Waals surface area contributed by atoms with Gasteiger partial charge in [0.25, 0.3) is 0 Å². The highest BCUT2D eigenvalue weighted by Gasteiger charge is 1.99. The van der Waals surface area contributed by atoms with Gasteiger partial charge in [-0.3, -0.25) is 9.36 Å². The van der Waals surface area contributed by atoms with E-state index in [1.807, 2.05) is 55.5 Å². The van der Waals surface area contributed by atoms with Crippen molar-refractivity contribution in [2.45, 2.75) is 13.5 Å². The Hall–Kier alpha value is -1.84. The second kappa shape index (κ2) is 4.13. The van der Waals surface area contributed by atoms with Gasteiger partial charge in [-0.25, -0.2) is 0 Å².